The summed E-state index contributed by atoms with van der Waals surface area (Å²) in [5.74, 6) is -2.72. The van der Waals surface area contributed by atoms with E-state index < -0.39 is 60.2 Å². The Balaban J connectivity index is 1.24. The molecule has 17 heteroatoms. The molecule has 2 aromatic rings. The van der Waals surface area contributed by atoms with Crippen LogP contribution in [0.4, 0.5) is 31.1 Å². The number of hydrogen-bond donors (Lipinski definition) is 0. The molecular formula is C28H24F6N2O9. The maximum absolute atomic E-state index is 12.6. The second kappa shape index (κ2) is 12.5. The predicted molar refractivity (Wildman–Crippen MR) is 136 cm³/mol. The number of likely N-dealkylation sites (tertiary alicyclic amines) is 1. The van der Waals surface area contributed by atoms with Gasteiger partial charge in [0, 0.05) is 44.6 Å². The van der Waals surface area contributed by atoms with Crippen LogP contribution in [0.5, 0.6) is 11.5 Å². The first-order chi connectivity index (χ1) is 21.2. The van der Waals surface area contributed by atoms with Crippen molar-refractivity contribution in [2.75, 3.05) is 26.2 Å². The molecular weight excluding hydrogens is 622 g/mol. The summed E-state index contributed by atoms with van der Waals surface area (Å²) in [4.78, 5) is 43.2. The number of hydrogen-bond acceptors (Lipinski definition) is 10. The zero-order valence-corrected chi connectivity index (χ0v) is 23.0. The third kappa shape index (κ3) is 7.96. The molecule has 45 heavy (non-hydrogen) atoms. The normalized spacial score (nSPS) is 21.0. The summed E-state index contributed by atoms with van der Waals surface area (Å²) in [5.41, 5.74) is -0.461. The number of amides is 1. The van der Waals surface area contributed by atoms with Gasteiger partial charge in [-0.2, -0.15) is 0 Å². The van der Waals surface area contributed by atoms with E-state index in [4.69, 9.17) is 19.0 Å². The molecule has 2 fully saturated rings. The second-order valence-electron chi connectivity index (χ2n) is 10.1. The fourth-order valence-corrected chi connectivity index (χ4v) is 5.11. The number of esters is 1. The smallest absolute Gasteiger partial charge is 0.434 e. The largest absolute Gasteiger partial charge is 0.573 e. The molecule has 1 unspecified atom stereocenters. The molecule has 5 rings (SSSR count). The molecule has 0 bridgehead atoms. The molecule has 2 aromatic carbocycles. The van der Waals surface area contributed by atoms with Crippen LogP contribution in [0.2, 0.25) is 0 Å². The summed E-state index contributed by atoms with van der Waals surface area (Å²) < 4.78 is 100. The van der Waals surface area contributed by atoms with Crippen molar-refractivity contribution in [3.05, 3.63) is 71.8 Å². The van der Waals surface area contributed by atoms with E-state index in [-0.39, 0.29) is 19.4 Å². The second-order valence-corrected chi connectivity index (χ2v) is 10.1. The minimum atomic E-state index is -4.90. The Morgan fingerprint density at radius 3 is 1.82 bits per heavy atom. The molecule has 0 saturated carbocycles. The van der Waals surface area contributed by atoms with Gasteiger partial charge in [-0.25, -0.2) is 14.4 Å². The molecule has 0 aromatic heterocycles. The highest BCUT2D eigenvalue weighted by Gasteiger charge is 2.59. The van der Waals surface area contributed by atoms with Crippen molar-refractivity contribution in [3.8, 4) is 11.5 Å². The summed E-state index contributed by atoms with van der Waals surface area (Å²) in [6.07, 6.45) is -10.8. The molecule has 2 saturated heterocycles. The number of nitrogens with zero attached hydrogens (tertiary/aromatic N) is 2. The highest BCUT2D eigenvalue weighted by Crippen LogP contribution is 2.40. The standard InChI is InChI=1S/C28H24F6N2O9/c29-27(30,31)42-19-5-1-17(2-6-19)23(18-3-7-20(8-4-18)43-28(32,33)34)40-16-15-35-13-11-26(12-14-35)24-36(25(39)44-26)45-22(38)10-9-21(37)41-24/h1-10,23-24H,11-16H2/b10-9+. The molecule has 0 aliphatic carbocycles. The average Bonchev–Trinajstić information content (AvgIpc) is 3.18. The van der Waals surface area contributed by atoms with Gasteiger partial charge in [-0.1, -0.05) is 29.3 Å². The van der Waals surface area contributed by atoms with Crippen molar-refractivity contribution < 1.29 is 69.2 Å². The number of fused-ring (bicyclic) bond motifs is 2. The summed E-state index contributed by atoms with van der Waals surface area (Å²) in [6, 6.07) is 9.73. The van der Waals surface area contributed by atoms with E-state index in [1.165, 1.54) is 24.3 Å². The van der Waals surface area contributed by atoms with Crippen molar-refractivity contribution in [1.29, 1.82) is 0 Å². The zero-order valence-electron chi connectivity index (χ0n) is 23.0. The zero-order chi connectivity index (χ0) is 32.4. The van der Waals surface area contributed by atoms with Crippen molar-refractivity contribution >= 4 is 18.0 Å². The number of halogens is 6. The Bertz CT molecular complexity index is 1360. The van der Waals surface area contributed by atoms with E-state index in [1.807, 2.05) is 4.90 Å². The molecule has 3 aliphatic rings. The van der Waals surface area contributed by atoms with Crippen LogP contribution < -0.4 is 9.47 Å². The van der Waals surface area contributed by atoms with Gasteiger partial charge in [0.25, 0.3) is 6.23 Å². The van der Waals surface area contributed by atoms with Crippen LogP contribution in [0, 0.1) is 0 Å². The quantitative estimate of drug-likeness (QED) is 0.294. The first-order valence-electron chi connectivity index (χ1n) is 13.4. The summed E-state index contributed by atoms with van der Waals surface area (Å²) in [6.45, 7) is 1.10. The first-order valence-corrected chi connectivity index (χ1v) is 13.4. The summed E-state index contributed by atoms with van der Waals surface area (Å²) >= 11 is 0. The minimum Gasteiger partial charge on any atom is -0.434 e. The van der Waals surface area contributed by atoms with Crippen LogP contribution in [0.25, 0.3) is 0 Å². The fraction of sp³-hybridized carbons (Fsp3) is 0.393. The topological polar surface area (TPSA) is 113 Å². The number of hydroxylamine groups is 2. The lowest BCUT2D eigenvalue weighted by molar-refractivity contribution is -0.275. The number of alkyl halides is 6. The molecule has 11 nitrogen and oxygen atoms in total. The number of carbonyl (C=O) groups excluding carboxylic acids is 3. The van der Waals surface area contributed by atoms with E-state index in [9.17, 15) is 40.7 Å². The molecule has 3 aliphatic heterocycles. The van der Waals surface area contributed by atoms with E-state index in [2.05, 4.69) is 9.47 Å². The van der Waals surface area contributed by atoms with Gasteiger partial charge < -0.3 is 33.4 Å². The maximum atomic E-state index is 12.6. The Kier molecular flexibility index (Phi) is 8.84. The fourth-order valence-electron chi connectivity index (χ4n) is 5.11. The van der Waals surface area contributed by atoms with Crippen LogP contribution in [0.1, 0.15) is 30.1 Å². The lowest BCUT2D eigenvalue weighted by atomic mass is 9.89. The monoisotopic (exact) mass is 646 g/mol. The number of ether oxygens (including phenoxy) is 5. The Labute approximate surface area is 250 Å². The molecule has 242 valence electrons. The Morgan fingerprint density at radius 2 is 1.31 bits per heavy atom. The van der Waals surface area contributed by atoms with E-state index in [0.29, 0.717) is 35.8 Å². The van der Waals surface area contributed by atoms with Gasteiger partial charge in [0.2, 0.25) is 0 Å². The lowest BCUT2D eigenvalue weighted by Crippen LogP contribution is -2.55. The number of carbonyl (C=O) groups is 3. The van der Waals surface area contributed by atoms with Crippen molar-refractivity contribution in [2.45, 2.75) is 43.5 Å². The molecule has 3 heterocycles. The van der Waals surface area contributed by atoms with Crippen LogP contribution >= 0.6 is 0 Å². The number of rotatable bonds is 8. The van der Waals surface area contributed by atoms with Gasteiger partial charge in [-0.15, -0.1) is 26.3 Å². The molecule has 1 spiro atoms. The van der Waals surface area contributed by atoms with Crippen molar-refractivity contribution in [2.24, 2.45) is 0 Å². The summed E-state index contributed by atoms with van der Waals surface area (Å²) in [7, 11) is 0. The maximum Gasteiger partial charge on any atom is 0.573 e. The van der Waals surface area contributed by atoms with Gasteiger partial charge in [-0.05, 0) is 35.4 Å². The Hall–Kier alpha value is -4.51. The van der Waals surface area contributed by atoms with Gasteiger partial charge in [-0.3, -0.25) is 0 Å². The van der Waals surface area contributed by atoms with Gasteiger partial charge in [0.15, 0.2) is 5.60 Å². The van der Waals surface area contributed by atoms with Gasteiger partial charge in [0.1, 0.15) is 17.6 Å². The molecule has 1 atom stereocenters. The molecule has 0 N–H and O–H groups in total. The van der Waals surface area contributed by atoms with Crippen LogP contribution in [-0.4, -0.2) is 78.8 Å². The van der Waals surface area contributed by atoms with Crippen LogP contribution in [0.3, 0.4) is 0 Å². The van der Waals surface area contributed by atoms with E-state index in [1.54, 1.807) is 0 Å². The van der Waals surface area contributed by atoms with E-state index >= 15 is 0 Å². The van der Waals surface area contributed by atoms with Crippen LogP contribution in [-0.2, 0) is 28.6 Å². The average molecular weight is 646 g/mol. The summed E-state index contributed by atoms with van der Waals surface area (Å²) in [5, 5.41) is 0.600. The third-order valence-electron chi connectivity index (χ3n) is 7.13. The third-order valence-corrected chi connectivity index (χ3v) is 7.13. The van der Waals surface area contributed by atoms with Gasteiger partial charge >= 0.3 is 30.8 Å². The SMILES string of the molecule is O=C1/C=C/C(=O)ON2C(=O)OC3(CCN(CCOC(c4ccc(OC(F)(F)F)cc4)c4ccc(OC(F)(F)F)cc4)CC3)C2O1. The molecule has 1 amide bonds. The van der Waals surface area contributed by atoms with Crippen LogP contribution in [0.15, 0.2) is 60.7 Å². The lowest BCUT2D eigenvalue weighted by Gasteiger charge is -2.40. The minimum absolute atomic E-state index is 0.0754. The molecule has 0 radical (unpaired) electrons. The van der Waals surface area contributed by atoms with Crippen molar-refractivity contribution in [3.63, 3.8) is 0 Å². The predicted octanol–water partition coefficient (Wildman–Crippen LogP) is 4.77. The first kappa shape index (κ1) is 31.9. The number of piperidine rings is 1. The highest BCUT2D eigenvalue weighted by molar-refractivity contribution is 5.93. The van der Waals surface area contributed by atoms with E-state index in [0.717, 1.165) is 36.4 Å². The van der Waals surface area contributed by atoms with Crippen molar-refractivity contribution in [1.82, 2.24) is 9.96 Å². The highest BCUT2D eigenvalue weighted by atomic mass is 19.4. The number of benzene rings is 2. The Morgan fingerprint density at radius 1 is 0.800 bits per heavy atom. The van der Waals surface area contributed by atoms with Gasteiger partial charge in [0.05, 0.1) is 6.61 Å².